The van der Waals surface area contributed by atoms with Gasteiger partial charge in [-0.15, -0.1) is 0 Å². The molecule has 1 aromatic heterocycles. The Balaban J connectivity index is 2.16. The molecule has 0 bridgehead atoms. The van der Waals surface area contributed by atoms with E-state index < -0.39 is 36.8 Å². The summed E-state index contributed by atoms with van der Waals surface area (Å²) in [7, 11) is 3.01. The standard InChI is InChI=1S/C27H36N2O8/c1-15(2)23(20-10-9-16(3)13-22(20)34-8)18(5)37-27(32)17(4)29-26(31)24-25(36-14-35-19(6)30)21(33-7)11-12-28-24/h9-13,15,17-18,23H,14H2,1-8H3,(H,29,31)/t17-,18-,23+/m0/s1. The minimum absolute atomic E-state index is 0.0241. The van der Waals surface area contributed by atoms with Crippen LogP contribution in [0.25, 0.3) is 0 Å². The maximum Gasteiger partial charge on any atom is 0.328 e. The van der Waals surface area contributed by atoms with Crippen molar-refractivity contribution in [2.75, 3.05) is 21.0 Å². The van der Waals surface area contributed by atoms with E-state index in [9.17, 15) is 14.4 Å². The number of aromatic nitrogens is 1. The highest BCUT2D eigenvalue weighted by molar-refractivity contribution is 5.98. The van der Waals surface area contributed by atoms with E-state index in [-0.39, 0.29) is 29.0 Å². The third-order valence-electron chi connectivity index (χ3n) is 5.74. The summed E-state index contributed by atoms with van der Waals surface area (Å²) < 4.78 is 26.8. The Morgan fingerprint density at radius 1 is 1.00 bits per heavy atom. The van der Waals surface area contributed by atoms with Crippen molar-refractivity contribution in [3.05, 3.63) is 47.3 Å². The van der Waals surface area contributed by atoms with Crippen molar-refractivity contribution in [2.45, 2.75) is 59.6 Å². The number of ether oxygens (including phenoxy) is 5. The van der Waals surface area contributed by atoms with Gasteiger partial charge < -0.3 is 29.0 Å². The molecule has 0 aliphatic carbocycles. The van der Waals surface area contributed by atoms with E-state index in [1.165, 1.54) is 33.2 Å². The highest BCUT2D eigenvalue weighted by Crippen LogP contribution is 2.36. The highest BCUT2D eigenvalue weighted by Gasteiger charge is 2.31. The van der Waals surface area contributed by atoms with Crippen LogP contribution in [0.3, 0.4) is 0 Å². The summed E-state index contributed by atoms with van der Waals surface area (Å²) in [5.41, 5.74) is 1.87. The highest BCUT2D eigenvalue weighted by atomic mass is 16.7. The second-order valence-corrected chi connectivity index (χ2v) is 8.94. The van der Waals surface area contributed by atoms with Gasteiger partial charge in [0.15, 0.2) is 17.2 Å². The molecule has 0 aliphatic heterocycles. The fourth-order valence-corrected chi connectivity index (χ4v) is 3.99. The fourth-order valence-electron chi connectivity index (χ4n) is 3.99. The quantitative estimate of drug-likeness (QED) is 0.331. The number of carbonyl (C=O) groups excluding carboxylic acids is 3. The molecule has 2 rings (SSSR count). The minimum Gasteiger partial charge on any atom is -0.496 e. The van der Waals surface area contributed by atoms with Crippen LogP contribution < -0.4 is 19.5 Å². The summed E-state index contributed by atoms with van der Waals surface area (Å²) in [4.78, 5) is 41.0. The number of hydrogen-bond acceptors (Lipinski definition) is 9. The normalized spacial score (nSPS) is 13.2. The van der Waals surface area contributed by atoms with E-state index in [4.69, 9.17) is 23.7 Å². The molecule has 1 aromatic carbocycles. The average molecular weight is 517 g/mol. The molecule has 0 aliphatic rings. The molecule has 2 aromatic rings. The number of benzene rings is 1. The zero-order valence-corrected chi connectivity index (χ0v) is 22.6. The number of nitrogens with zero attached hydrogens (tertiary/aromatic N) is 1. The van der Waals surface area contributed by atoms with Crippen LogP contribution >= 0.6 is 0 Å². The van der Waals surface area contributed by atoms with Crippen LogP contribution in [0.15, 0.2) is 30.5 Å². The molecule has 202 valence electrons. The molecule has 0 saturated carbocycles. The van der Waals surface area contributed by atoms with Crippen molar-refractivity contribution in [3.8, 4) is 17.2 Å². The van der Waals surface area contributed by atoms with Gasteiger partial charge in [0, 0.05) is 30.7 Å². The van der Waals surface area contributed by atoms with Crippen molar-refractivity contribution >= 4 is 17.8 Å². The number of aryl methyl sites for hydroxylation is 1. The zero-order valence-electron chi connectivity index (χ0n) is 22.6. The molecule has 10 heteroatoms. The van der Waals surface area contributed by atoms with Crippen LogP contribution in [0.2, 0.25) is 0 Å². The van der Waals surface area contributed by atoms with Gasteiger partial charge in [-0.3, -0.25) is 9.59 Å². The van der Waals surface area contributed by atoms with Crippen molar-refractivity contribution in [3.63, 3.8) is 0 Å². The number of methoxy groups -OCH3 is 2. The van der Waals surface area contributed by atoms with E-state index in [0.29, 0.717) is 0 Å². The van der Waals surface area contributed by atoms with Gasteiger partial charge in [0.1, 0.15) is 17.9 Å². The number of esters is 2. The molecular formula is C27H36N2O8. The Morgan fingerprint density at radius 2 is 1.68 bits per heavy atom. The number of nitrogens with one attached hydrogen (secondary N) is 1. The van der Waals surface area contributed by atoms with Crippen LogP contribution in [-0.2, 0) is 19.1 Å². The first kappa shape index (κ1) is 29.4. The molecular weight excluding hydrogens is 480 g/mol. The Labute approximate surface area is 217 Å². The number of hydrogen-bond donors (Lipinski definition) is 1. The second kappa shape index (κ2) is 13.5. The summed E-state index contributed by atoms with van der Waals surface area (Å²) in [6, 6.07) is 6.43. The van der Waals surface area contributed by atoms with Gasteiger partial charge in [-0.05, 0) is 38.3 Å². The SMILES string of the molecule is COc1cc(C)ccc1[C@H](C(C)C)[C@H](C)OC(=O)[C@H](C)NC(=O)c1nccc(OC)c1OCOC(C)=O. The third kappa shape index (κ3) is 7.83. The number of carbonyl (C=O) groups is 3. The van der Waals surface area contributed by atoms with Gasteiger partial charge >= 0.3 is 11.9 Å². The van der Waals surface area contributed by atoms with Crippen molar-refractivity contribution in [1.29, 1.82) is 0 Å². The van der Waals surface area contributed by atoms with Crippen molar-refractivity contribution in [2.24, 2.45) is 5.92 Å². The fraction of sp³-hybridized carbons (Fsp3) is 0.481. The lowest BCUT2D eigenvalue weighted by molar-refractivity contribution is -0.152. The monoisotopic (exact) mass is 516 g/mol. The van der Waals surface area contributed by atoms with Crippen molar-refractivity contribution in [1.82, 2.24) is 10.3 Å². The van der Waals surface area contributed by atoms with Crippen molar-refractivity contribution < 1.29 is 38.1 Å². The Kier molecular flexibility index (Phi) is 10.7. The van der Waals surface area contributed by atoms with Gasteiger partial charge in [-0.1, -0.05) is 26.0 Å². The lowest BCUT2D eigenvalue weighted by Gasteiger charge is -2.30. The molecule has 37 heavy (non-hydrogen) atoms. The molecule has 0 radical (unpaired) electrons. The van der Waals surface area contributed by atoms with Gasteiger partial charge in [-0.25, -0.2) is 9.78 Å². The summed E-state index contributed by atoms with van der Waals surface area (Å²) in [5.74, 6) is -0.925. The topological polar surface area (TPSA) is 122 Å². The lowest BCUT2D eigenvalue weighted by Crippen LogP contribution is -2.42. The third-order valence-corrected chi connectivity index (χ3v) is 5.74. The van der Waals surface area contributed by atoms with Crippen LogP contribution in [0, 0.1) is 12.8 Å². The Bertz CT molecular complexity index is 1100. The summed E-state index contributed by atoms with van der Waals surface area (Å²) in [6.45, 7) is 10.2. The molecule has 1 N–H and O–H groups in total. The van der Waals surface area contributed by atoms with Crippen LogP contribution in [-0.4, -0.2) is 56.0 Å². The van der Waals surface area contributed by atoms with Crippen LogP contribution in [0.4, 0.5) is 0 Å². The Morgan fingerprint density at radius 3 is 2.27 bits per heavy atom. The zero-order chi connectivity index (χ0) is 27.7. The lowest BCUT2D eigenvalue weighted by atomic mass is 9.83. The van der Waals surface area contributed by atoms with E-state index in [1.807, 2.05) is 45.9 Å². The number of pyridine rings is 1. The maximum absolute atomic E-state index is 13.0. The molecule has 1 heterocycles. The summed E-state index contributed by atoms with van der Waals surface area (Å²) >= 11 is 0. The van der Waals surface area contributed by atoms with Gasteiger partial charge in [0.25, 0.3) is 5.91 Å². The number of amides is 1. The molecule has 3 atom stereocenters. The predicted octanol–water partition coefficient (Wildman–Crippen LogP) is 3.80. The predicted molar refractivity (Wildman–Crippen MR) is 136 cm³/mol. The first-order valence-corrected chi connectivity index (χ1v) is 11.9. The first-order valence-electron chi connectivity index (χ1n) is 11.9. The maximum atomic E-state index is 13.0. The van der Waals surface area contributed by atoms with Gasteiger partial charge in [0.05, 0.1) is 14.2 Å². The van der Waals surface area contributed by atoms with E-state index >= 15 is 0 Å². The Hall–Kier alpha value is -3.82. The van der Waals surface area contributed by atoms with E-state index in [1.54, 1.807) is 7.11 Å². The second-order valence-electron chi connectivity index (χ2n) is 8.94. The van der Waals surface area contributed by atoms with E-state index in [2.05, 4.69) is 10.3 Å². The van der Waals surface area contributed by atoms with Gasteiger partial charge in [-0.2, -0.15) is 0 Å². The number of rotatable bonds is 12. The molecule has 10 nitrogen and oxygen atoms in total. The molecule has 0 unspecified atom stereocenters. The molecule has 1 amide bonds. The molecule has 0 fully saturated rings. The van der Waals surface area contributed by atoms with Gasteiger partial charge in [0.2, 0.25) is 6.79 Å². The van der Waals surface area contributed by atoms with Crippen LogP contribution in [0.1, 0.15) is 62.2 Å². The first-order chi connectivity index (χ1) is 17.5. The average Bonchev–Trinajstić information content (AvgIpc) is 2.84. The summed E-state index contributed by atoms with van der Waals surface area (Å²) in [6.07, 6.45) is 0.862. The van der Waals surface area contributed by atoms with Crippen LogP contribution in [0.5, 0.6) is 17.2 Å². The molecule has 0 spiro atoms. The van der Waals surface area contributed by atoms with E-state index in [0.717, 1.165) is 16.9 Å². The smallest absolute Gasteiger partial charge is 0.328 e. The summed E-state index contributed by atoms with van der Waals surface area (Å²) in [5, 5.41) is 2.59. The minimum atomic E-state index is -0.989. The molecule has 0 saturated heterocycles. The largest absolute Gasteiger partial charge is 0.496 e.